The van der Waals surface area contributed by atoms with Crippen molar-refractivity contribution < 1.29 is 4.79 Å². The third kappa shape index (κ3) is 3.29. The van der Waals surface area contributed by atoms with Crippen LogP contribution in [0.1, 0.15) is 11.1 Å². The summed E-state index contributed by atoms with van der Waals surface area (Å²) >= 11 is 0. The first-order valence-corrected chi connectivity index (χ1v) is 9.37. The number of carbonyl (C=O) groups excluding carboxylic acids is 1. The quantitative estimate of drug-likeness (QED) is 0.424. The predicted octanol–water partition coefficient (Wildman–Crippen LogP) is 3.71. The first-order chi connectivity index (χ1) is 14.8. The smallest absolute Gasteiger partial charge is 0.276 e. The van der Waals surface area contributed by atoms with Crippen LogP contribution in [0.25, 0.3) is 16.9 Å². The maximum Gasteiger partial charge on any atom is 0.276 e. The van der Waals surface area contributed by atoms with Crippen molar-refractivity contribution in [1.29, 1.82) is 0 Å². The zero-order valence-corrected chi connectivity index (χ0v) is 15.8. The SMILES string of the molecule is O=C1Nc2ccccc2/C1=N/N=C\c1cn(-c2ccccc2)nc1-c1cccnc1. The number of aromatic nitrogens is 3. The van der Waals surface area contributed by atoms with Crippen LogP contribution in [0.5, 0.6) is 0 Å². The number of hydrogen-bond acceptors (Lipinski definition) is 5. The van der Waals surface area contributed by atoms with E-state index in [0.717, 1.165) is 33.8 Å². The Bertz CT molecular complexity index is 1280. The second kappa shape index (κ2) is 7.56. The number of hydrogen-bond donors (Lipinski definition) is 1. The summed E-state index contributed by atoms with van der Waals surface area (Å²) in [6.07, 6.45) is 6.95. The number of rotatable bonds is 4. The van der Waals surface area contributed by atoms with Gasteiger partial charge < -0.3 is 5.32 Å². The Hall–Kier alpha value is -4.39. The van der Waals surface area contributed by atoms with Gasteiger partial charge in [-0.15, -0.1) is 5.10 Å². The molecule has 0 radical (unpaired) electrons. The highest BCUT2D eigenvalue weighted by Gasteiger charge is 2.25. The second-order valence-corrected chi connectivity index (χ2v) is 6.65. The summed E-state index contributed by atoms with van der Waals surface area (Å²) in [5, 5.41) is 15.9. The fraction of sp³-hybridized carbons (Fsp3) is 0. The van der Waals surface area contributed by atoms with Crippen molar-refractivity contribution in [3.05, 3.63) is 96.4 Å². The van der Waals surface area contributed by atoms with Gasteiger partial charge in [-0.3, -0.25) is 9.78 Å². The summed E-state index contributed by atoms with van der Waals surface area (Å²) in [5.41, 5.74) is 5.06. The van der Waals surface area contributed by atoms with Gasteiger partial charge in [0.2, 0.25) is 0 Å². The van der Waals surface area contributed by atoms with Crippen LogP contribution < -0.4 is 5.32 Å². The van der Waals surface area contributed by atoms with Crippen LogP contribution in [0.3, 0.4) is 0 Å². The van der Waals surface area contributed by atoms with Gasteiger partial charge in [-0.05, 0) is 30.3 Å². The van der Waals surface area contributed by atoms with Crippen LogP contribution in [0.15, 0.2) is 95.5 Å². The number of fused-ring (bicyclic) bond motifs is 1. The minimum atomic E-state index is -0.263. The Kier molecular flexibility index (Phi) is 4.46. The molecular formula is C23H16N6O. The Morgan fingerprint density at radius 1 is 0.967 bits per heavy atom. The molecule has 0 saturated heterocycles. The van der Waals surface area contributed by atoms with E-state index < -0.39 is 0 Å². The highest BCUT2D eigenvalue weighted by molar-refractivity contribution is 6.53. The molecule has 0 atom stereocenters. The topological polar surface area (TPSA) is 84.5 Å². The largest absolute Gasteiger partial charge is 0.320 e. The molecule has 7 nitrogen and oxygen atoms in total. The fourth-order valence-corrected chi connectivity index (χ4v) is 3.27. The number of nitrogens with zero attached hydrogens (tertiary/aromatic N) is 5. The van der Waals surface area contributed by atoms with Gasteiger partial charge in [-0.2, -0.15) is 10.2 Å². The lowest BCUT2D eigenvalue weighted by molar-refractivity contribution is -0.110. The van der Waals surface area contributed by atoms with Crippen LogP contribution in [-0.4, -0.2) is 32.6 Å². The van der Waals surface area contributed by atoms with Crippen molar-refractivity contribution in [3.8, 4) is 16.9 Å². The fourth-order valence-electron chi connectivity index (χ4n) is 3.27. The van der Waals surface area contributed by atoms with Crippen molar-refractivity contribution in [1.82, 2.24) is 14.8 Å². The molecule has 7 heteroatoms. The highest BCUT2D eigenvalue weighted by Crippen LogP contribution is 2.24. The van der Waals surface area contributed by atoms with Crippen LogP contribution in [0.2, 0.25) is 0 Å². The lowest BCUT2D eigenvalue weighted by Gasteiger charge is -1.99. The summed E-state index contributed by atoms with van der Waals surface area (Å²) in [6.45, 7) is 0. The molecule has 4 aromatic rings. The molecule has 2 aromatic carbocycles. The average molecular weight is 392 g/mol. The van der Waals surface area contributed by atoms with Gasteiger partial charge in [0, 0.05) is 35.3 Å². The van der Waals surface area contributed by atoms with E-state index in [0.29, 0.717) is 5.71 Å². The van der Waals surface area contributed by atoms with Gasteiger partial charge in [-0.25, -0.2) is 4.68 Å². The van der Waals surface area contributed by atoms with Crippen LogP contribution in [0, 0.1) is 0 Å². The van der Waals surface area contributed by atoms with Gasteiger partial charge >= 0.3 is 0 Å². The molecule has 144 valence electrons. The Morgan fingerprint density at radius 2 is 1.80 bits per heavy atom. The predicted molar refractivity (Wildman–Crippen MR) is 116 cm³/mol. The molecule has 1 N–H and O–H groups in total. The standard InChI is InChI=1S/C23H16N6O/c30-23-22(19-10-4-5-11-20(19)26-23)27-25-14-17-15-29(18-8-2-1-3-9-18)28-21(17)16-7-6-12-24-13-16/h1-15H,(H,26,27,30)/b25-14-. The molecule has 30 heavy (non-hydrogen) atoms. The molecule has 0 fully saturated rings. The Balaban J connectivity index is 1.54. The number of amides is 1. The lowest BCUT2D eigenvalue weighted by Crippen LogP contribution is -2.13. The molecule has 0 spiro atoms. The van der Waals surface area contributed by atoms with Crippen LogP contribution in [-0.2, 0) is 4.79 Å². The van der Waals surface area contributed by atoms with Crippen LogP contribution in [0.4, 0.5) is 5.69 Å². The number of benzene rings is 2. The first-order valence-electron chi connectivity index (χ1n) is 9.37. The molecule has 0 saturated carbocycles. The van der Waals surface area contributed by atoms with Gasteiger partial charge in [0.1, 0.15) is 5.69 Å². The number of para-hydroxylation sites is 2. The molecule has 5 rings (SSSR count). The van der Waals surface area contributed by atoms with E-state index in [4.69, 9.17) is 5.10 Å². The van der Waals surface area contributed by atoms with Crippen LogP contribution >= 0.6 is 0 Å². The Morgan fingerprint density at radius 3 is 2.63 bits per heavy atom. The molecule has 3 heterocycles. The van der Waals surface area contributed by atoms with E-state index in [1.54, 1.807) is 23.3 Å². The number of pyridine rings is 1. The molecule has 2 aromatic heterocycles. The number of nitrogens with one attached hydrogen (secondary N) is 1. The summed E-state index contributed by atoms with van der Waals surface area (Å²) in [7, 11) is 0. The second-order valence-electron chi connectivity index (χ2n) is 6.65. The van der Waals surface area contributed by atoms with Crippen molar-refractivity contribution >= 4 is 23.5 Å². The molecule has 1 amide bonds. The van der Waals surface area contributed by atoms with Crippen molar-refractivity contribution in [3.63, 3.8) is 0 Å². The van der Waals surface area contributed by atoms with E-state index in [2.05, 4.69) is 20.5 Å². The van der Waals surface area contributed by atoms with Gasteiger partial charge in [0.15, 0.2) is 5.71 Å². The van der Waals surface area contributed by atoms with E-state index >= 15 is 0 Å². The lowest BCUT2D eigenvalue weighted by atomic mass is 10.1. The van der Waals surface area contributed by atoms with E-state index in [9.17, 15) is 4.79 Å². The molecule has 0 aliphatic carbocycles. The maximum absolute atomic E-state index is 12.2. The minimum absolute atomic E-state index is 0.263. The minimum Gasteiger partial charge on any atom is -0.320 e. The van der Waals surface area contributed by atoms with Gasteiger partial charge in [-0.1, -0.05) is 36.4 Å². The Labute approximate surface area is 172 Å². The molecule has 0 bridgehead atoms. The molecular weight excluding hydrogens is 376 g/mol. The summed E-state index contributed by atoms with van der Waals surface area (Å²) in [4.78, 5) is 16.4. The van der Waals surface area contributed by atoms with Crippen molar-refractivity contribution in [2.75, 3.05) is 5.32 Å². The highest BCUT2D eigenvalue weighted by atomic mass is 16.2. The maximum atomic E-state index is 12.2. The number of carbonyl (C=O) groups is 1. The monoisotopic (exact) mass is 392 g/mol. The third-order valence-electron chi connectivity index (χ3n) is 4.70. The summed E-state index contributed by atoms with van der Waals surface area (Å²) in [5.74, 6) is -0.263. The zero-order chi connectivity index (χ0) is 20.3. The third-order valence-corrected chi connectivity index (χ3v) is 4.70. The zero-order valence-electron chi connectivity index (χ0n) is 15.8. The van der Waals surface area contributed by atoms with Gasteiger partial charge in [0.05, 0.1) is 17.6 Å². The first kappa shape index (κ1) is 17.7. The van der Waals surface area contributed by atoms with E-state index in [1.807, 2.05) is 72.9 Å². The average Bonchev–Trinajstić information content (AvgIpc) is 3.36. The summed E-state index contributed by atoms with van der Waals surface area (Å²) < 4.78 is 1.79. The molecule has 0 unspecified atom stereocenters. The summed E-state index contributed by atoms with van der Waals surface area (Å²) in [6, 6.07) is 21.0. The molecule has 1 aliphatic heterocycles. The van der Waals surface area contributed by atoms with E-state index in [-0.39, 0.29) is 5.91 Å². The van der Waals surface area contributed by atoms with Gasteiger partial charge in [0.25, 0.3) is 5.91 Å². The van der Waals surface area contributed by atoms with E-state index in [1.165, 1.54) is 0 Å². The normalized spacial score (nSPS) is 14.3. The molecule has 1 aliphatic rings. The number of anilines is 1. The van der Waals surface area contributed by atoms with Crippen molar-refractivity contribution in [2.45, 2.75) is 0 Å². The van der Waals surface area contributed by atoms with Crippen molar-refractivity contribution in [2.24, 2.45) is 10.2 Å².